The third-order valence-corrected chi connectivity index (χ3v) is 4.60. The minimum absolute atomic E-state index is 0.0241. The molecule has 3 heterocycles. The van der Waals surface area contributed by atoms with E-state index in [-0.39, 0.29) is 11.9 Å². The largest absolute Gasteiger partial charge is 0.497 e. The SMILES string of the molecule is COc1cc(F)cc(N2CCc3nc(-c4ncccn4)ncc3C2C)c1. The molecular formula is C19H18FN5O. The Morgan fingerprint density at radius 2 is 1.92 bits per heavy atom. The van der Waals surface area contributed by atoms with E-state index in [1.54, 1.807) is 18.5 Å². The van der Waals surface area contributed by atoms with Crippen LogP contribution in [-0.2, 0) is 6.42 Å². The minimum atomic E-state index is -0.315. The molecule has 0 radical (unpaired) electrons. The lowest BCUT2D eigenvalue weighted by atomic mass is 9.98. The van der Waals surface area contributed by atoms with Gasteiger partial charge in [-0.05, 0) is 19.1 Å². The summed E-state index contributed by atoms with van der Waals surface area (Å²) in [6, 6.07) is 6.53. The molecule has 1 atom stereocenters. The van der Waals surface area contributed by atoms with Crippen molar-refractivity contribution in [2.75, 3.05) is 18.6 Å². The van der Waals surface area contributed by atoms with Gasteiger partial charge < -0.3 is 9.64 Å². The highest BCUT2D eigenvalue weighted by molar-refractivity contribution is 5.55. The zero-order chi connectivity index (χ0) is 18.1. The third kappa shape index (κ3) is 2.96. The van der Waals surface area contributed by atoms with Gasteiger partial charge in [0, 0.05) is 54.9 Å². The van der Waals surface area contributed by atoms with Crippen LogP contribution in [0.15, 0.2) is 42.9 Å². The van der Waals surface area contributed by atoms with Crippen molar-refractivity contribution in [2.24, 2.45) is 0 Å². The van der Waals surface area contributed by atoms with Gasteiger partial charge in [0.2, 0.25) is 0 Å². The summed E-state index contributed by atoms with van der Waals surface area (Å²) in [5.74, 6) is 1.23. The van der Waals surface area contributed by atoms with Crippen LogP contribution < -0.4 is 9.64 Å². The fourth-order valence-corrected chi connectivity index (χ4v) is 3.27. The van der Waals surface area contributed by atoms with Crippen LogP contribution in [0.5, 0.6) is 5.75 Å². The molecule has 1 aromatic carbocycles. The number of nitrogens with zero attached hydrogens (tertiary/aromatic N) is 5. The molecule has 2 aromatic heterocycles. The molecule has 0 N–H and O–H groups in total. The topological polar surface area (TPSA) is 64.0 Å². The van der Waals surface area contributed by atoms with Gasteiger partial charge in [-0.3, -0.25) is 0 Å². The van der Waals surface area contributed by atoms with Crippen molar-refractivity contribution in [3.63, 3.8) is 0 Å². The summed E-state index contributed by atoms with van der Waals surface area (Å²) in [4.78, 5) is 19.6. The Bertz CT molecular complexity index is 934. The van der Waals surface area contributed by atoms with Gasteiger partial charge in [0.25, 0.3) is 0 Å². The van der Waals surface area contributed by atoms with E-state index in [2.05, 4.69) is 31.8 Å². The van der Waals surface area contributed by atoms with E-state index in [9.17, 15) is 4.39 Å². The summed E-state index contributed by atoms with van der Waals surface area (Å²) in [6.07, 6.45) is 5.90. The molecule has 132 valence electrons. The van der Waals surface area contributed by atoms with Crippen LogP contribution in [0, 0.1) is 5.82 Å². The summed E-state index contributed by atoms with van der Waals surface area (Å²) in [5.41, 5.74) is 2.80. The van der Waals surface area contributed by atoms with Crippen molar-refractivity contribution < 1.29 is 9.13 Å². The van der Waals surface area contributed by atoms with E-state index < -0.39 is 0 Å². The molecule has 0 bridgehead atoms. The van der Waals surface area contributed by atoms with Crippen LogP contribution in [0.2, 0.25) is 0 Å². The number of anilines is 1. The maximum Gasteiger partial charge on any atom is 0.197 e. The van der Waals surface area contributed by atoms with Gasteiger partial charge in [-0.15, -0.1) is 0 Å². The Balaban J connectivity index is 1.67. The molecule has 7 heteroatoms. The molecule has 1 unspecified atom stereocenters. The molecule has 26 heavy (non-hydrogen) atoms. The van der Waals surface area contributed by atoms with Crippen LogP contribution in [0.1, 0.15) is 24.2 Å². The standard InChI is InChI=1S/C19H18FN5O/c1-12-16-11-23-19(18-21-5-3-6-22-18)24-17(16)4-7-25(12)14-8-13(20)9-15(10-14)26-2/h3,5-6,8-12H,4,7H2,1-2H3. The van der Waals surface area contributed by atoms with E-state index in [1.165, 1.54) is 19.2 Å². The third-order valence-electron chi connectivity index (χ3n) is 4.60. The normalized spacial score (nSPS) is 16.3. The van der Waals surface area contributed by atoms with Gasteiger partial charge in [0.1, 0.15) is 11.6 Å². The molecule has 6 nitrogen and oxygen atoms in total. The quantitative estimate of drug-likeness (QED) is 0.722. The average molecular weight is 351 g/mol. The molecule has 0 amide bonds. The van der Waals surface area contributed by atoms with Crippen LogP contribution in [0.3, 0.4) is 0 Å². The van der Waals surface area contributed by atoms with E-state index >= 15 is 0 Å². The maximum atomic E-state index is 13.9. The lowest BCUT2D eigenvalue weighted by molar-refractivity contribution is 0.411. The Kier molecular flexibility index (Phi) is 4.20. The Labute approximate surface area is 150 Å². The lowest BCUT2D eigenvalue weighted by Gasteiger charge is -2.36. The predicted molar refractivity (Wildman–Crippen MR) is 95.5 cm³/mol. The molecule has 0 spiro atoms. The maximum absolute atomic E-state index is 13.9. The Hall–Kier alpha value is -3.09. The van der Waals surface area contributed by atoms with E-state index in [4.69, 9.17) is 4.74 Å². The summed E-state index contributed by atoms with van der Waals surface area (Å²) in [5, 5.41) is 0. The number of ether oxygens (including phenoxy) is 1. The number of benzene rings is 1. The molecule has 0 saturated heterocycles. The van der Waals surface area contributed by atoms with Crippen molar-refractivity contribution in [3.05, 3.63) is 59.9 Å². The van der Waals surface area contributed by atoms with Crippen LogP contribution in [0.4, 0.5) is 10.1 Å². The van der Waals surface area contributed by atoms with Gasteiger partial charge in [0.05, 0.1) is 18.8 Å². The summed E-state index contributed by atoms with van der Waals surface area (Å²) in [7, 11) is 1.54. The molecule has 3 aromatic rings. The van der Waals surface area contributed by atoms with Gasteiger partial charge in [-0.25, -0.2) is 24.3 Å². The number of hydrogen-bond acceptors (Lipinski definition) is 6. The highest BCUT2D eigenvalue weighted by Gasteiger charge is 2.27. The van der Waals surface area contributed by atoms with Crippen LogP contribution in [-0.4, -0.2) is 33.6 Å². The second-order valence-electron chi connectivity index (χ2n) is 6.14. The number of fused-ring (bicyclic) bond motifs is 1. The highest BCUT2D eigenvalue weighted by Crippen LogP contribution is 2.34. The van der Waals surface area contributed by atoms with Crippen molar-refractivity contribution in [3.8, 4) is 17.4 Å². The first-order valence-corrected chi connectivity index (χ1v) is 8.40. The van der Waals surface area contributed by atoms with E-state index in [0.29, 0.717) is 17.4 Å². The van der Waals surface area contributed by atoms with Gasteiger partial charge in [0.15, 0.2) is 11.6 Å². The molecule has 1 aliphatic heterocycles. The van der Waals surface area contributed by atoms with Crippen molar-refractivity contribution in [2.45, 2.75) is 19.4 Å². The van der Waals surface area contributed by atoms with Crippen molar-refractivity contribution >= 4 is 5.69 Å². The molecule has 0 aliphatic carbocycles. The summed E-state index contributed by atoms with van der Waals surface area (Å²) < 4.78 is 19.1. The first-order chi connectivity index (χ1) is 12.7. The van der Waals surface area contributed by atoms with Crippen LogP contribution in [0.25, 0.3) is 11.6 Å². The molecule has 0 fully saturated rings. The fraction of sp³-hybridized carbons (Fsp3) is 0.263. The minimum Gasteiger partial charge on any atom is -0.497 e. The average Bonchev–Trinajstić information content (AvgIpc) is 2.68. The molecule has 4 rings (SSSR count). The van der Waals surface area contributed by atoms with Gasteiger partial charge in [-0.2, -0.15) is 0 Å². The Morgan fingerprint density at radius 1 is 1.12 bits per heavy atom. The predicted octanol–water partition coefficient (Wildman–Crippen LogP) is 3.21. The number of halogens is 1. The fourth-order valence-electron chi connectivity index (χ4n) is 3.27. The van der Waals surface area contributed by atoms with Crippen molar-refractivity contribution in [1.82, 2.24) is 19.9 Å². The Morgan fingerprint density at radius 3 is 2.69 bits per heavy atom. The number of hydrogen-bond donors (Lipinski definition) is 0. The second-order valence-corrected chi connectivity index (χ2v) is 6.14. The van der Waals surface area contributed by atoms with E-state index in [1.807, 2.05) is 12.3 Å². The lowest BCUT2D eigenvalue weighted by Crippen LogP contribution is -2.34. The zero-order valence-electron chi connectivity index (χ0n) is 14.6. The highest BCUT2D eigenvalue weighted by atomic mass is 19.1. The molecule has 0 saturated carbocycles. The number of aromatic nitrogens is 4. The van der Waals surface area contributed by atoms with Crippen LogP contribution >= 0.6 is 0 Å². The first-order valence-electron chi connectivity index (χ1n) is 8.40. The molecule has 1 aliphatic rings. The second kappa shape index (κ2) is 6.67. The van der Waals surface area contributed by atoms with Gasteiger partial charge >= 0.3 is 0 Å². The van der Waals surface area contributed by atoms with E-state index in [0.717, 1.165) is 29.9 Å². The monoisotopic (exact) mass is 351 g/mol. The summed E-state index contributed by atoms with van der Waals surface area (Å²) in [6.45, 7) is 2.80. The first kappa shape index (κ1) is 16.4. The van der Waals surface area contributed by atoms with Crippen molar-refractivity contribution in [1.29, 1.82) is 0 Å². The zero-order valence-corrected chi connectivity index (χ0v) is 14.6. The number of rotatable bonds is 3. The number of methoxy groups -OCH3 is 1. The smallest absolute Gasteiger partial charge is 0.197 e. The van der Waals surface area contributed by atoms with Gasteiger partial charge in [-0.1, -0.05) is 0 Å². The molecular weight excluding hydrogens is 333 g/mol. The summed E-state index contributed by atoms with van der Waals surface area (Å²) >= 11 is 0.